The Balaban J connectivity index is 2.07. The first kappa shape index (κ1) is 24.4. The van der Waals surface area contributed by atoms with Crippen LogP contribution in [0, 0.1) is 0 Å². The molecule has 9 heteroatoms. The number of carbonyl (C=O) groups is 1. The first-order chi connectivity index (χ1) is 15.8. The summed E-state index contributed by atoms with van der Waals surface area (Å²) >= 11 is 0. The summed E-state index contributed by atoms with van der Waals surface area (Å²) < 4.78 is 7.44. The molecule has 2 aliphatic rings. The quantitative estimate of drug-likeness (QED) is 0.308. The maximum atomic E-state index is 11.5. The fourth-order valence-electron chi connectivity index (χ4n) is 3.69. The highest BCUT2D eigenvalue weighted by Crippen LogP contribution is 2.38. The molecule has 0 bridgehead atoms. The van der Waals surface area contributed by atoms with Gasteiger partial charge in [0, 0.05) is 25.1 Å². The third kappa shape index (κ3) is 5.42. The summed E-state index contributed by atoms with van der Waals surface area (Å²) in [6.45, 7) is 12.1. The number of carbonyl (C=O) groups excluding carboxylic acids is 1. The fraction of sp³-hybridized carbons (Fsp3) is 0.500. The van der Waals surface area contributed by atoms with E-state index in [-0.39, 0.29) is 30.6 Å². The Labute approximate surface area is 194 Å². The van der Waals surface area contributed by atoms with Crippen LogP contribution in [-0.2, 0) is 11.3 Å². The van der Waals surface area contributed by atoms with Crippen molar-refractivity contribution in [2.45, 2.75) is 72.5 Å². The molecule has 0 saturated carbocycles. The number of rotatable bonds is 10. The van der Waals surface area contributed by atoms with Gasteiger partial charge in [-0.1, -0.05) is 39.0 Å². The second kappa shape index (κ2) is 10.6. The second-order valence-electron chi connectivity index (χ2n) is 8.67. The Kier molecular flexibility index (Phi) is 7.86. The number of anilines is 2. The van der Waals surface area contributed by atoms with E-state index in [1.165, 1.54) is 6.92 Å². The van der Waals surface area contributed by atoms with Gasteiger partial charge >= 0.3 is 5.97 Å². The minimum atomic E-state index is -0.370. The van der Waals surface area contributed by atoms with E-state index in [0.29, 0.717) is 29.8 Å². The van der Waals surface area contributed by atoms with Crippen molar-refractivity contribution in [1.82, 2.24) is 19.7 Å². The van der Waals surface area contributed by atoms with Crippen molar-refractivity contribution < 1.29 is 14.6 Å². The van der Waals surface area contributed by atoms with Crippen LogP contribution in [0.15, 0.2) is 24.3 Å². The van der Waals surface area contributed by atoms with E-state index in [0.717, 1.165) is 23.4 Å². The molecule has 2 heterocycles. The second-order valence-corrected chi connectivity index (χ2v) is 8.67. The number of benzene rings is 1. The van der Waals surface area contributed by atoms with Gasteiger partial charge in [0.1, 0.15) is 5.75 Å². The molecular weight excluding hydrogens is 420 g/mol. The van der Waals surface area contributed by atoms with E-state index in [1.54, 1.807) is 6.07 Å². The number of nitrogens with zero attached hydrogens (tertiary/aromatic N) is 4. The monoisotopic (exact) mass is 454 g/mol. The van der Waals surface area contributed by atoms with Crippen molar-refractivity contribution in [2.24, 2.45) is 0 Å². The summed E-state index contributed by atoms with van der Waals surface area (Å²) in [5.41, 5.74) is 3.31. The lowest BCUT2D eigenvalue weighted by atomic mass is 10.1. The van der Waals surface area contributed by atoms with Gasteiger partial charge in [-0.2, -0.15) is 10.1 Å². The standard InChI is InChI=1S/C24H34N6O3/c1-7-18(13-31)26-24-27-23(25-12-17-10-8-9-11-19(17)33-16(6)32)21-22(30(24)15(4)5)20(14(2)3)28-29-21/h8-11,14-15,18,25,31H,7,12-13H2,1-6H3,(H,26,27). The zero-order valence-corrected chi connectivity index (χ0v) is 20.2. The topological polar surface area (TPSA) is 114 Å². The van der Waals surface area contributed by atoms with E-state index >= 15 is 0 Å². The number of hydrogen-bond acceptors (Lipinski definition) is 8. The predicted molar refractivity (Wildman–Crippen MR) is 129 cm³/mol. The largest absolute Gasteiger partial charge is 0.426 e. The van der Waals surface area contributed by atoms with E-state index in [1.807, 2.05) is 25.1 Å². The third-order valence-electron chi connectivity index (χ3n) is 5.42. The molecule has 1 aromatic carbocycles. The summed E-state index contributed by atoms with van der Waals surface area (Å²) in [5, 5.41) is 25.5. The first-order valence-electron chi connectivity index (χ1n) is 11.4. The molecule has 1 unspecified atom stereocenters. The van der Waals surface area contributed by atoms with Crippen LogP contribution in [0.25, 0.3) is 11.4 Å². The third-order valence-corrected chi connectivity index (χ3v) is 5.42. The molecule has 0 aliphatic carbocycles. The van der Waals surface area contributed by atoms with Crippen molar-refractivity contribution in [3.63, 3.8) is 0 Å². The Morgan fingerprint density at radius 3 is 2.52 bits per heavy atom. The van der Waals surface area contributed by atoms with Crippen molar-refractivity contribution in [3.8, 4) is 17.1 Å². The SMILES string of the molecule is CCC(CO)Nc1nc(NCc2ccccc2OC(C)=O)c2nnc(C(C)C)c-2n1C(C)C. The number of para-hydroxylation sites is 1. The number of aliphatic hydroxyl groups is 1. The fourth-order valence-corrected chi connectivity index (χ4v) is 3.69. The van der Waals surface area contributed by atoms with Gasteiger partial charge in [0.25, 0.3) is 0 Å². The maximum Gasteiger partial charge on any atom is 0.308 e. The van der Waals surface area contributed by atoms with Crippen molar-refractivity contribution in [2.75, 3.05) is 17.2 Å². The van der Waals surface area contributed by atoms with Gasteiger partial charge in [0.05, 0.1) is 24.0 Å². The summed E-state index contributed by atoms with van der Waals surface area (Å²) in [6.07, 6.45) is 0.751. The van der Waals surface area contributed by atoms with E-state index in [2.05, 4.69) is 53.1 Å². The van der Waals surface area contributed by atoms with Gasteiger partial charge in [-0.05, 0) is 32.3 Å². The lowest BCUT2D eigenvalue weighted by Crippen LogP contribution is -2.27. The van der Waals surface area contributed by atoms with Crippen LogP contribution in [0.3, 0.4) is 0 Å². The van der Waals surface area contributed by atoms with Gasteiger partial charge in [-0.25, -0.2) is 0 Å². The minimum Gasteiger partial charge on any atom is -0.426 e. The number of hydrogen-bond donors (Lipinski definition) is 3. The van der Waals surface area contributed by atoms with Gasteiger partial charge in [0.15, 0.2) is 11.5 Å². The zero-order valence-electron chi connectivity index (χ0n) is 20.2. The van der Waals surface area contributed by atoms with Gasteiger partial charge in [-0.15, -0.1) is 5.10 Å². The van der Waals surface area contributed by atoms with Gasteiger partial charge < -0.3 is 25.0 Å². The highest BCUT2D eigenvalue weighted by molar-refractivity contribution is 5.75. The molecule has 0 spiro atoms. The van der Waals surface area contributed by atoms with Crippen LogP contribution in [0.5, 0.6) is 5.75 Å². The van der Waals surface area contributed by atoms with Crippen LogP contribution in [-0.4, -0.2) is 43.5 Å². The van der Waals surface area contributed by atoms with Crippen LogP contribution in [0.2, 0.25) is 0 Å². The molecule has 1 aromatic rings. The smallest absolute Gasteiger partial charge is 0.308 e. The minimum absolute atomic E-state index is 0.00137. The number of fused-ring (bicyclic) bond motifs is 1. The molecule has 33 heavy (non-hydrogen) atoms. The van der Waals surface area contributed by atoms with Crippen molar-refractivity contribution in [1.29, 1.82) is 0 Å². The van der Waals surface area contributed by atoms with Crippen LogP contribution in [0.4, 0.5) is 11.8 Å². The van der Waals surface area contributed by atoms with Crippen LogP contribution >= 0.6 is 0 Å². The Hall–Kier alpha value is -3.20. The molecule has 0 saturated heterocycles. The summed E-state index contributed by atoms with van der Waals surface area (Å²) in [7, 11) is 0. The molecule has 0 radical (unpaired) electrons. The highest BCUT2D eigenvalue weighted by atomic mass is 16.5. The van der Waals surface area contributed by atoms with Crippen LogP contribution in [0.1, 0.15) is 71.2 Å². The molecule has 1 atom stereocenters. The van der Waals surface area contributed by atoms with E-state index in [4.69, 9.17) is 9.72 Å². The Bertz CT molecular complexity index is 1060. The molecule has 2 aliphatic heterocycles. The van der Waals surface area contributed by atoms with E-state index < -0.39 is 0 Å². The molecule has 0 aromatic heterocycles. The Morgan fingerprint density at radius 2 is 1.91 bits per heavy atom. The summed E-state index contributed by atoms with van der Waals surface area (Å²) in [6, 6.07) is 7.35. The average Bonchev–Trinajstić information content (AvgIpc) is 3.21. The van der Waals surface area contributed by atoms with Crippen molar-refractivity contribution in [3.05, 3.63) is 35.5 Å². The number of aliphatic hydroxyl groups excluding tert-OH is 1. The average molecular weight is 455 g/mol. The zero-order chi connectivity index (χ0) is 24.1. The summed E-state index contributed by atoms with van der Waals surface area (Å²) in [4.78, 5) is 16.3. The van der Waals surface area contributed by atoms with Crippen LogP contribution < -0.4 is 15.4 Å². The highest BCUT2D eigenvalue weighted by Gasteiger charge is 2.28. The molecule has 0 fully saturated rings. The van der Waals surface area contributed by atoms with Crippen molar-refractivity contribution >= 4 is 17.7 Å². The molecule has 178 valence electrons. The normalized spacial score (nSPS) is 12.4. The van der Waals surface area contributed by atoms with E-state index in [9.17, 15) is 9.90 Å². The molecule has 3 rings (SSSR count). The molecular formula is C24H34N6O3. The first-order valence-corrected chi connectivity index (χ1v) is 11.4. The summed E-state index contributed by atoms with van der Waals surface area (Å²) in [5.74, 6) is 1.53. The maximum absolute atomic E-state index is 11.5. The number of aromatic nitrogens is 4. The lowest BCUT2D eigenvalue weighted by Gasteiger charge is -2.26. The predicted octanol–water partition coefficient (Wildman–Crippen LogP) is 4.20. The Morgan fingerprint density at radius 1 is 1.18 bits per heavy atom. The lowest BCUT2D eigenvalue weighted by molar-refractivity contribution is -0.131. The molecule has 3 N–H and O–H groups in total. The number of ether oxygens (including phenoxy) is 1. The van der Waals surface area contributed by atoms with Gasteiger partial charge in [0.2, 0.25) is 5.95 Å². The number of nitrogens with one attached hydrogen (secondary N) is 2. The molecule has 0 amide bonds. The van der Waals surface area contributed by atoms with Gasteiger partial charge in [-0.3, -0.25) is 4.79 Å². The number of esters is 1. The molecule has 9 nitrogen and oxygen atoms in total.